The van der Waals surface area contributed by atoms with E-state index in [1.807, 2.05) is 6.07 Å². The van der Waals surface area contributed by atoms with E-state index < -0.39 is 29.1 Å². The summed E-state index contributed by atoms with van der Waals surface area (Å²) in [6.45, 7) is 7.01. The Kier molecular flexibility index (Phi) is 3.01. The maximum absolute atomic E-state index is 13.1. The summed E-state index contributed by atoms with van der Waals surface area (Å²) in [7, 11) is 0. The third kappa shape index (κ3) is 1.73. The Morgan fingerprint density at radius 2 is 1.92 bits per heavy atom. The number of nitriles is 1. The fourth-order valence-electron chi connectivity index (χ4n) is 4.79. The van der Waals surface area contributed by atoms with Crippen molar-refractivity contribution in [3.8, 4) is 6.07 Å². The van der Waals surface area contributed by atoms with Crippen LogP contribution < -0.4 is 4.90 Å². The lowest BCUT2D eigenvalue weighted by Crippen LogP contribution is -2.49. The van der Waals surface area contributed by atoms with Crippen molar-refractivity contribution in [2.24, 2.45) is 11.8 Å². The quantitative estimate of drug-likeness (QED) is 0.764. The van der Waals surface area contributed by atoms with Gasteiger partial charge in [-0.3, -0.25) is 9.59 Å². The normalized spacial score (nSPS) is 39.0. The van der Waals surface area contributed by atoms with E-state index in [4.69, 9.17) is 10.00 Å². The van der Waals surface area contributed by atoms with Gasteiger partial charge in [-0.25, -0.2) is 9.88 Å². The number of ether oxygens (including phenoxy) is 1. The minimum Gasteiger partial charge on any atom is -0.390 e. The Morgan fingerprint density at radius 3 is 2.56 bits per heavy atom. The number of imide groups is 1. The third-order valence-electron chi connectivity index (χ3n) is 6.26. The van der Waals surface area contributed by atoms with Gasteiger partial charge >= 0.3 is 0 Å². The highest BCUT2D eigenvalue weighted by Crippen LogP contribution is 2.61. The van der Waals surface area contributed by atoms with Gasteiger partial charge in [-0.05, 0) is 38.8 Å². The van der Waals surface area contributed by atoms with Crippen molar-refractivity contribution in [3.63, 3.8) is 0 Å². The maximum atomic E-state index is 13.1. The van der Waals surface area contributed by atoms with Crippen LogP contribution in [0.4, 0.5) is 5.69 Å². The van der Waals surface area contributed by atoms with E-state index in [2.05, 4.69) is 4.98 Å². The molecule has 0 aromatic carbocycles. The second-order valence-electron chi connectivity index (χ2n) is 7.64. The van der Waals surface area contributed by atoms with Crippen LogP contribution in [0.5, 0.6) is 0 Å². The third-order valence-corrected chi connectivity index (χ3v) is 6.26. The highest BCUT2D eigenvalue weighted by molar-refractivity contribution is 6.23. The summed E-state index contributed by atoms with van der Waals surface area (Å²) in [5.74, 6) is -2.00. The summed E-state index contributed by atoms with van der Waals surface area (Å²) in [5, 5.41) is 19.5. The topological polar surface area (TPSA) is 104 Å². The predicted octanol–water partition coefficient (Wildman–Crippen LogP) is 0.988. The van der Waals surface area contributed by atoms with Crippen LogP contribution in [0.3, 0.4) is 0 Å². The minimum atomic E-state index is -1.05. The van der Waals surface area contributed by atoms with Gasteiger partial charge in [0.25, 0.3) is 0 Å². The second kappa shape index (κ2) is 4.65. The molecule has 0 saturated carbocycles. The fourth-order valence-corrected chi connectivity index (χ4v) is 4.79. The van der Waals surface area contributed by atoms with E-state index >= 15 is 0 Å². The van der Waals surface area contributed by atoms with Gasteiger partial charge in [-0.1, -0.05) is 0 Å². The molecule has 3 saturated heterocycles. The summed E-state index contributed by atoms with van der Waals surface area (Å²) in [5.41, 5.74) is 0.111. The van der Waals surface area contributed by atoms with Gasteiger partial charge in [0.1, 0.15) is 17.4 Å². The number of rotatable bonds is 1. The lowest BCUT2D eigenvalue weighted by Gasteiger charge is -2.31. The van der Waals surface area contributed by atoms with E-state index in [-0.39, 0.29) is 17.5 Å². The number of hydrogen-bond donors (Lipinski definition) is 1. The van der Waals surface area contributed by atoms with Crippen molar-refractivity contribution >= 4 is 17.5 Å². The first-order valence-corrected chi connectivity index (χ1v) is 8.28. The Hall–Kier alpha value is -2.30. The molecule has 0 unspecified atom stereocenters. The number of fused-ring (bicyclic) bond motifs is 5. The molecule has 7 nitrogen and oxygen atoms in total. The summed E-state index contributed by atoms with van der Waals surface area (Å²) in [6.07, 6.45) is 0.959. The van der Waals surface area contributed by atoms with E-state index in [1.54, 1.807) is 27.7 Å². The minimum absolute atomic E-state index is 0.276. The number of carbonyl (C=O) groups is 2. The van der Waals surface area contributed by atoms with E-state index in [1.165, 1.54) is 11.1 Å². The Morgan fingerprint density at radius 1 is 1.28 bits per heavy atom. The van der Waals surface area contributed by atoms with Crippen molar-refractivity contribution in [3.05, 3.63) is 23.0 Å². The molecule has 7 heteroatoms. The van der Waals surface area contributed by atoms with Crippen molar-refractivity contribution in [1.29, 1.82) is 5.26 Å². The van der Waals surface area contributed by atoms with E-state index in [0.29, 0.717) is 23.2 Å². The number of hydrogen-bond acceptors (Lipinski definition) is 6. The Bertz CT molecular complexity index is 876. The molecular weight excluding hydrogens is 322 g/mol. The number of anilines is 1. The van der Waals surface area contributed by atoms with Crippen molar-refractivity contribution in [2.45, 2.75) is 51.4 Å². The monoisotopic (exact) mass is 341 g/mol. The summed E-state index contributed by atoms with van der Waals surface area (Å²) in [4.78, 5) is 31.5. The molecule has 3 aliphatic heterocycles. The van der Waals surface area contributed by atoms with Crippen LogP contribution in [0.2, 0.25) is 0 Å². The molecule has 0 aliphatic carbocycles. The molecule has 25 heavy (non-hydrogen) atoms. The van der Waals surface area contributed by atoms with Crippen LogP contribution >= 0.6 is 0 Å². The van der Waals surface area contributed by atoms with Crippen LogP contribution in [0, 0.1) is 37.0 Å². The van der Waals surface area contributed by atoms with Crippen LogP contribution in [-0.2, 0) is 14.3 Å². The number of pyridine rings is 1. The van der Waals surface area contributed by atoms with Gasteiger partial charge in [-0.15, -0.1) is 0 Å². The number of aliphatic hydroxyl groups excluding tert-OH is 1. The van der Waals surface area contributed by atoms with Crippen LogP contribution in [-0.4, -0.2) is 39.2 Å². The zero-order valence-corrected chi connectivity index (χ0v) is 14.5. The molecule has 1 aromatic heterocycles. The lowest BCUT2D eigenvalue weighted by molar-refractivity contribution is -0.132. The van der Waals surface area contributed by atoms with Gasteiger partial charge in [0.15, 0.2) is 0 Å². The van der Waals surface area contributed by atoms with Gasteiger partial charge in [0.05, 0.1) is 35.4 Å². The number of aromatic nitrogens is 1. The molecule has 0 spiro atoms. The molecule has 4 rings (SSSR count). The summed E-state index contributed by atoms with van der Waals surface area (Å²) >= 11 is 0. The molecule has 0 radical (unpaired) electrons. The summed E-state index contributed by atoms with van der Waals surface area (Å²) in [6, 6.07) is 2.01. The fraction of sp³-hybridized carbons (Fsp3) is 0.556. The highest BCUT2D eigenvalue weighted by atomic mass is 16.6. The van der Waals surface area contributed by atoms with Gasteiger partial charge in [0, 0.05) is 6.42 Å². The molecule has 5 atom stereocenters. The van der Waals surface area contributed by atoms with Crippen LogP contribution in [0.25, 0.3) is 0 Å². The van der Waals surface area contributed by atoms with Crippen LogP contribution in [0.1, 0.15) is 37.1 Å². The Labute approximate surface area is 145 Å². The molecule has 4 heterocycles. The smallest absolute Gasteiger partial charge is 0.240 e. The summed E-state index contributed by atoms with van der Waals surface area (Å²) < 4.78 is 5.97. The first kappa shape index (κ1) is 16.2. The van der Waals surface area contributed by atoms with Gasteiger partial charge in [0.2, 0.25) is 11.8 Å². The predicted molar refractivity (Wildman–Crippen MR) is 86.4 cm³/mol. The number of carbonyl (C=O) groups excluding carboxylic acids is 2. The first-order chi connectivity index (χ1) is 11.7. The molecule has 3 fully saturated rings. The number of amides is 2. The van der Waals surface area contributed by atoms with Crippen LogP contribution in [0.15, 0.2) is 6.20 Å². The number of nitrogens with zero attached hydrogens (tertiary/aromatic N) is 3. The number of aliphatic hydroxyl groups is 1. The average molecular weight is 341 g/mol. The molecule has 1 aromatic rings. The molecule has 130 valence electrons. The zero-order valence-electron chi connectivity index (χ0n) is 14.5. The van der Waals surface area contributed by atoms with Crippen molar-refractivity contribution in [1.82, 2.24) is 4.98 Å². The molecule has 2 bridgehead atoms. The van der Waals surface area contributed by atoms with Crippen molar-refractivity contribution in [2.75, 3.05) is 4.90 Å². The molecular formula is C18H19N3O4. The Balaban J connectivity index is 1.84. The first-order valence-electron chi connectivity index (χ1n) is 8.28. The highest BCUT2D eigenvalue weighted by Gasteiger charge is 2.75. The standard InChI is InChI=1S/C18H19N3O4/c1-8-9(2)11(7-20-10(8)6-19)21-15(23)13-14(16(21)24)18(4)12(22)5-17(13,3)25-18/h7,12-14,22H,5H2,1-4H3/t12-,13+,14-,17+,18-/m1/s1. The average Bonchev–Trinajstić information content (AvgIpc) is 3.05. The SMILES string of the molecule is Cc1c(N2C(=O)[C@@H]3[C@H](C2=O)[C@]2(C)O[C@@]3(C)C[C@H]2O)cnc(C#N)c1C. The molecule has 3 aliphatic rings. The lowest BCUT2D eigenvalue weighted by atomic mass is 9.67. The van der Waals surface area contributed by atoms with Gasteiger partial charge < -0.3 is 9.84 Å². The van der Waals surface area contributed by atoms with Crippen molar-refractivity contribution < 1.29 is 19.4 Å². The second-order valence-corrected chi connectivity index (χ2v) is 7.64. The van der Waals surface area contributed by atoms with E-state index in [9.17, 15) is 14.7 Å². The molecule has 2 amide bonds. The van der Waals surface area contributed by atoms with E-state index in [0.717, 1.165) is 0 Å². The molecule has 1 N–H and O–H groups in total. The largest absolute Gasteiger partial charge is 0.390 e. The maximum Gasteiger partial charge on any atom is 0.240 e. The zero-order chi connectivity index (χ0) is 18.3. The van der Waals surface area contributed by atoms with Gasteiger partial charge in [-0.2, -0.15) is 5.26 Å².